The van der Waals surface area contributed by atoms with Crippen molar-refractivity contribution < 1.29 is 0 Å². The number of hydrogen-bond acceptors (Lipinski definition) is 3. The molecule has 4 aromatic heterocycles. The first-order chi connectivity index (χ1) is 14.6. The summed E-state index contributed by atoms with van der Waals surface area (Å²) < 4.78 is 4.36. The fourth-order valence-electron chi connectivity index (χ4n) is 4.37. The second kappa shape index (κ2) is 7.26. The minimum atomic E-state index is 0.656. The first-order valence-electron chi connectivity index (χ1n) is 10.1. The lowest BCUT2D eigenvalue weighted by Gasteiger charge is -2.13. The molecule has 30 heavy (non-hydrogen) atoms. The van der Waals surface area contributed by atoms with Crippen molar-refractivity contribution in [2.45, 2.75) is 33.9 Å². The van der Waals surface area contributed by atoms with Crippen molar-refractivity contribution in [2.75, 3.05) is 0 Å². The standard InChI is InChI=1S/C24H22ClN5/c1-4-29-23-16(3)27-10-7-19(23)20-12-18(25)13-21(24(20)29)22-8-11-28-30(22)14-17-6-5-9-26-15(17)2/h5-13H,4,14H2,1-3H3. The van der Waals surface area contributed by atoms with E-state index in [0.717, 1.165) is 51.2 Å². The topological polar surface area (TPSA) is 48.5 Å². The van der Waals surface area contributed by atoms with Crippen LogP contribution in [0.15, 0.2) is 55.0 Å². The molecule has 5 rings (SSSR count). The van der Waals surface area contributed by atoms with Crippen LogP contribution in [0.1, 0.15) is 23.9 Å². The van der Waals surface area contributed by atoms with Crippen molar-refractivity contribution in [2.24, 2.45) is 0 Å². The van der Waals surface area contributed by atoms with Crippen molar-refractivity contribution in [3.05, 3.63) is 77.0 Å². The number of pyridine rings is 2. The fourth-order valence-corrected chi connectivity index (χ4v) is 4.59. The summed E-state index contributed by atoms with van der Waals surface area (Å²) in [5, 5.41) is 7.65. The van der Waals surface area contributed by atoms with E-state index in [2.05, 4.69) is 57.7 Å². The highest BCUT2D eigenvalue weighted by Gasteiger charge is 2.19. The molecular formula is C24H22ClN5. The van der Waals surface area contributed by atoms with Crippen LogP contribution in [0.2, 0.25) is 5.02 Å². The normalized spacial score (nSPS) is 11.6. The summed E-state index contributed by atoms with van der Waals surface area (Å²) in [7, 11) is 0. The van der Waals surface area contributed by atoms with E-state index in [1.165, 1.54) is 5.39 Å². The molecule has 0 spiro atoms. The Morgan fingerprint density at radius 2 is 1.73 bits per heavy atom. The highest BCUT2D eigenvalue weighted by Crippen LogP contribution is 2.39. The molecule has 0 saturated carbocycles. The van der Waals surface area contributed by atoms with Crippen molar-refractivity contribution in [3.63, 3.8) is 0 Å². The smallest absolute Gasteiger partial charge is 0.0707 e. The molecule has 0 unspecified atom stereocenters. The van der Waals surface area contributed by atoms with Crippen LogP contribution >= 0.6 is 11.6 Å². The number of fused-ring (bicyclic) bond motifs is 3. The summed E-state index contributed by atoms with van der Waals surface area (Å²) in [6, 6.07) is 12.3. The molecule has 0 fully saturated rings. The van der Waals surface area contributed by atoms with Gasteiger partial charge in [-0.05, 0) is 56.7 Å². The Balaban J connectivity index is 1.79. The predicted molar refractivity (Wildman–Crippen MR) is 122 cm³/mol. The van der Waals surface area contributed by atoms with Gasteiger partial charge in [0.05, 0.1) is 29.0 Å². The van der Waals surface area contributed by atoms with Crippen LogP contribution in [0.25, 0.3) is 33.1 Å². The summed E-state index contributed by atoms with van der Waals surface area (Å²) in [5.41, 5.74) is 7.62. The van der Waals surface area contributed by atoms with Gasteiger partial charge in [0.1, 0.15) is 0 Å². The first-order valence-corrected chi connectivity index (χ1v) is 10.5. The Labute approximate surface area is 180 Å². The van der Waals surface area contributed by atoms with Crippen LogP contribution < -0.4 is 0 Å². The minimum absolute atomic E-state index is 0.656. The SMILES string of the molecule is CCn1c2c(-c3ccnn3Cc3cccnc3C)cc(Cl)cc2c2ccnc(C)c21. The Bertz CT molecular complexity index is 1400. The maximum atomic E-state index is 6.61. The molecule has 0 radical (unpaired) electrons. The summed E-state index contributed by atoms with van der Waals surface area (Å²) in [5.74, 6) is 0. The number of rotatable bonds is 4. The van der Waals surface area contributed by atoms with Gasteiger partial charge < -0.3 is 4.57 Å². The van der Waals surface area contributed by atoms with E-state index in [1.54, 1.807) is 0 Å². The average Bonchev–Trinajstić information content (AvgIpc) is 3.32. The van der Waals surface area contributed by atoms with Gasteiger partial charge in [0.2, 0.25) is 0 Å². The summed E-state index contributed by atoms with van der Waals surface area (Å²) >= 11 is 6.61. The van der Waals surface area contributed by atoms with Crippen molar-refractivity contribution in [1.82, 2.24) is 24.3 Å². The molecule has 4 heterocycles. The molecule has 0 atom stereocenters. The van der Waals surface area contributed by atoms with Gasteiger partial charge in [-0.2, -0.15) is 5.10 Å². The van der Waals surface area contributed by atoms with Crippen molar-refractivity contribution in [3.8, 4) is 11.3 Å². The van der Waals surface area contributed by atoms with E-state index in [9.17, 15) is 0 Å². The Kier molecular flexibility index (Phi) is 4.55. The van der Waals surface area contributed by atoms with Gasteiger partial charge in [0.15, 0.2) is 0 Å². The van der Waals surface area contributed by atoms with Crippen LogP contribution in [0.3, 0.4) is 0 Å². The lowest BCUT2D eigenvalue weighted by Crippen LogP contribution is -2.06. The fraction of sp³-hybridized carbons (Fsp3) is 0.208. The van der Waals surface area contributed by atoms with Gasteiger partial charge in [-0.25, -0.2) is 0 Å². The molecule has 0 N–H and O–H groups in total. The van der Waals surface area contributed by atoms with E-state index in [0.29, 0.717) is 11.6 Å². The predicted octanol–water partition coefficient (Wildman–Crippen LogP) is 5.79. The van der Waals surface area contributed by atoms with Gasteiger partial charge in [0, 0.05) is 52.2 Å². The third-order valence-corrected chi connectivity index (χ3v) is 5.98. The van der Waals surface area contributed by atoms with Gasteiger partial charge in [-0.3, -0.25) is 14.6 Å². The van der Waals surface area contributed by atoms with E-state index < -0.39 is 0 Å². The quantitative estimate of drug-likeness (QED) is 0.373. The van der Waals surface area contributed by atoms with Crippen LogP contribution in [-0.2, 0) is 13.1 Å². The van der Waals surface area contributed by atoms with Gasteiger partial charge in [-0.15, -0.1) is 0 Å². The Hall–Kier alpha value is -3.18. The highest BCUT2D eigenvalue weighted by molar-refractivity contribution is 6.32. The number of nitrogens with zero attached hydrogens (tertiary/aromatic N) is 5. The summed E-state index contributed by atoms with van der Waals surface area (Å²) in [6.45, 7) is 7.75. The Morgan fingerprint density at radius 3 is 2.53 bits per heavy atom. The lowest BCUT2D eigenvalue weighted by molar-refractivity contribution is 0.688. The molecule has 150 valence electrons. The zero-order valence-electron chi connectivity index (χ0n) is 17.2. The summed E-state index contributed by atoms with van der Waals surface area (Å²) in [4.78, 5) is 8.95. The zero-order valence-corrected chi connectivity index (χ0v) is 18.0. The van der Waals surface area contributed by atoms with Gasteiger partial charge in [0.25, 0.3) is 0 Å². The van der Waals surface area contributed by atoms with E-state index in [-0.39, 0.29) is 0 Å². The minimum Gasteiger partial charge on any atom is -0.339 e. The van der Waals surface area contributed by atoms with E-state index >= 15 is 0 Å². The van der Waals surface area contributed by atoms with E-state index in [4.69, 9.17) is 11.6 Å². The molecule has 0 aliphatic carbocycles. The molecule has 6 heteroatoms. The molecule has 0 saturated heterocycles. The summed E-state index contributed by atoms with van der Waals surface area (Å²) in [6.07, 6.45) is 5.53. The molecule has 0 aliphatic rings. The maximum Gasteiger partial charge on any atom is 0.0707 e. The molecule has 0 amide bonds. The number of benzene rings is 1. The number of hydrogen-bond donors (Lipinski definition) is 0. The number of halogens is 1. The first kappa shape index (κ1) is 18.8. The molecule has 5 aromatic rings. The molecular weight excluding hydrogens is 394 g/mol. The van der Waals surface area contributed by atoms with Crippen molar-refractivity contribution in [1.29, 1.82) is 0 Å². The maximum absolute atomic E-state index is 6.61. The van der Waals surface area contributed by atoms with E-state index in [1.807, 2.05) is 42.3 Å². The number of aryl methyl sites for hydroxylation is 3. The highest BCUT2D eigenvalue weighted by atomic mass is 35.5. The molecule has 5 nitrogen and oxygen atoms in total. The lowest BCUT2D eigenvalue weighted by atomic mass is 10.1. The van der Waals surface area contributed by atoms with Crippen LogP contribution in [0.5, 0.6) is 0 Å². The van der Waals surface area contributed by atoms with Crippen LogP contribution in [-0.4, -0.2) is 24.3 Å². The van der Waals surface area contributed by atoms with Gasteiger partial charge >= 0.3 is 0 Å². The third-order valence-electron chi connectivity index (χ3n) is 5.76. The third kappa shape index (κ3) is 2.89. The van der Waals surface area contributed by atoms with Gasteiger partial charge in [-0.1, -0.05) is 17.7 Å². The zero-order chi connectivity index (χ0) is 20.8. The number of aromatic nitrogens is 5. The Morgan fingerprint density at radius 1 is 0.900 bits per heavy atom. The molecule has 1 aromatic carbocycles. The monoisotopic (exact) mass is 415 g/mol. The molecule has 0 bridgehead atoms. The van der Waals surface area contributed by atoms with Crippen LogP contribution in [0.4, 0.5) is 0 Å². The van der Waals surface area contributed by atoms with Crippen molar-refractivity contribution >= 4 is 33.4 Å². The average molecular weight is 416 g/mol. The second-order valence-electron chi connectivity index (χ2n) is 7.51. The second-order valence-corrected chi connectivity index (χ2v) is 7.94. The largest absolute Gasteiger partial charge is 0.339 e. The van der Waals surface area contributed by atoms with Crippen LogP contribution in [0, 0.1) is 13.8 Å². The molecule has 0 aliphatic heterocycles.